The Morgan fingerprint density at radius 3 is 2.88 bits per heavy atom. The van der Waals surface area contributed by atoms with E-state index >= 15 is 0 Å². The van der Waals surface area contributed by atoms with Crippen LogP contribution in [0.15, 0.2) is 22.7 Å². The Labute approximate surface area is 107 Å². The average Bonchev–Trinajstić information content (AvgIpc) is 2.51. The molecule has 1 saturated heterocycles. The Kier molecular flexibility index (Phi) is 3.52. The van der Waals surface area contributed by atoms with Crippen molar-refractivity contribution in [3.63, 3.8) is 0 Å². The molecule has 1 aromatic rings. The first-order valence-corrected chi connectivity index (χ1v) is 6.13. The maximum Gasteiger partial charge on any atom is 0.225 e. The lowest BCUT2D eigenvalue weighted by atomic mass is 10.2. The smallest absolute Gasteiger partial charge is 0.225 e. The Bertz CT molecular complexity index is 424. The Morgan fingerprint density at radius 1 is 1.56 bits per heavy atom. The summed E-state index contributed by atoms with van der Waals surface area (Å²) in [5, 5.41) is 9.98. The minimum Gasteiger partial charge on any atom is -0.391 e. The van der Waals surface area contributed by atoms with Crippen molar-refractivity contribution in [3.8, 4) is 0 Å². The summed E-state index contributed by atoms with van der Waals surface area (Å²) in [6.45, 7) is 0.912. The van der Waals surface area contributed by atoms with Gasteiger partial charge in [0.05, 0.1) is 17.5 Å². The second-order valence-corrected chi connectivity index (χ2v) is 5.14. The first-order valence-electron chi connectivity index (χ1n) is 4.96. The van der Waals surface area contributed by atoms with E-state index in [0.717, 1.165) is 10.0 Å². The topological polar surface area (TPSA) is 40.5 Å². The molecule has 0 bridgehead atoms. The summed E-state index contributed by atoms with van der Waals surface area (Å²) in [6.07, 6.45) is -0.303. The zero-order valence-corrected chi connectivity index (χ0v) is 10.8. The number of carbonyl (C=O) groups excluding carboxylic acids is 1. The van der Waals surface area contributed by atoms with Gasteiger partial charge in [-0.1, -0.05) is 17.7 Å². The lowest BCUT2D eigenvalue weighted by molar-refractivity contribution is -0.128. The molecule has 86 valence electrons. The number of halogens is 2. The molecule has 0 saturated carbocycles. The molecule has 5 heteroatoms. The van der Waals surface area contributed by atoms with Gasteiger partial charge < -0.3 is 10.0 Å². The highest BCUT2D eigenvalue weighted by molar-refractivity contribution is 9.10. The summed E-state index contributed by atoms with van der Waals surface area (Å²) in [5.74, 6) is -0.00783. The lowest BCUT2D eigenvalue weighted by Crippen LogP contribution is -2.25. The van der Waals surface area contributed by atoms with Gasteiger partial charge >= 0.3 is 0 Å². The van der Waals surface area contributed by atoms with Crippen molar-refractivity contribution < 1.29 is 9.90 Å². The number of amides is 1. The second-order valence-electron chi connectivity index (χ2n) is 3.88. The maximum absolute atomic E-state index is 11.5. The molecule has 1 atom stereocenters. The molecule has 3 nitrogen and oxygen atoms in total. The number of nitrogens with zero attached hydrogens (tertiary/aromatic N) is 1. The van der Waals surface area contributed by atoms with Gasteiger partial charge in [-0.15, -0.1) is 0 Å². The van der Waals surface area contributed by atoms with Gasteiger partial charge in [0.1, 0.15) is 0 Å². The van der Waals surface area contributed by atoms with Crippen molar-refractivity contribution in [2.75, 3.05) is 6.54 Å². The Balaban J connectivity index is 2.09. The monoisotopic (exact) mass is 303 g/mol. The van der Waals surface area contributed by atoms with Gasteiger partial charge in [0.15, 0.2) is 0 Å². The van der Waals surface area contributed by atoms with E-state index in [1.807, 2.05) is 18.2 Å². The standard InChI is InChI=1S/C11H11BrClNO2/c12-9-2-1-7(3-10(9)13)5-14-6-8(15)4-11(14)16/h1-3,8,15H,4-6H2. The highest BCUT2D eigenvalue weighted by Gasteiger charge is 2.27. The number of aliphatic hydroxyl groups is 1. The van der Waals surface area contributed by atoms with E-state index < -0.39 is 6.10 Å². The van der Waals surface area contributed by atoms with Gasteiger partial charge in [0.2, 0.25) is 5.91 Å². The normalized spacial score (nSPS) is 20.6. The summed E-state index contributed by atoms with van der Waals surface area (Å²) in [5.41, 5.74) is 0.968. The molecule has 1 unspecified atom stereocenters. The second kappa shape index (κ2) is 4.73. The van der Waals surface area contributed by atoms with Gasteiger partial charge in [-0.05, 0) is 33.6 Å². The molecule has 1 aliphatic heterocycles. The summed E-state index contributed by atoms with van der Waals surface area (Å²) in [6, 6.07) is 5.59. The zero-order chi connectivity index (χ0) is 11.7. The van der Waals surface area contributed by atoms with E-state index in [9.17, 15) is 9.90 Å². The quantitative estimate of drug-likeness (QED) is 0.910. The number of β-amino-alcohol motifs (C(OH)–C–C–N with tert-alkyl or cyclic N) is 1. The summed E-state index contributed by atoms with van der Waals surface area (Å²) in [4.78, 5) is 13.1. The predicted octanol–water partition coefficient (Wildman–Crippen LogP) is 2.20. The van der Waals surface area contributed by atoms with Gasteiger partial charge in [-0.3, -0.25) is 4.79 Å². The molecule has 16 heavy (non-hydrogen) atoms. The van der Waals surface area contributed by atoms with Crippen LogP contribution in [0.3, 0.4) is 0 Å². The highest BCUT2D eigenvalue weighted by Crippen LogP contribution is 2.24. The van der Waals surface area contributed by atoms with Crippen LogP contribution in [-0.4, -0.2) is 28.6 Å². The predicted molar refractivity (Wildman–Crippen MR) is 65.2 cm³/mol. The van der Waals surface area contributed by atoms with E-state index in [-0.39, 0.29) is 12.3 Å². The van der Waals surface area contributed by atoms with Crippen LogP contribution in [-0.2, 0) is 11.3 Å². The van der Waals surface area contributed by atoms with E-state index in [2.05, 4.69) is 15.9 Å². The largest absolute Gasteiger partial charge is 0.391 e. The van der Waals surface area contributed by atoms with Crippen LogP contribution in [0.2, 0.25) is 5.02 Å². The minimum atomic E-state index is -0.529. The van der Waals surface area contributed by atoms with Crippen molar-refractivity contribution in [1.82, 2.24) is 4.90 Å². The van der Waals surface area contributed by atoms with Crippen molar-refractivity contribution >= 4 is 33.4 Å². The lowest BCUT2D eigenvalue weighted by Gasteiger charge is -2.15. The molecule has 1 amide bonds. The average molecular weight is 305 g/mol. The number of aliphatic hydroxyl groups excluding tert-OH is 1. The number of rotatable bonds is 2. The summed E-state index contributed by atoms with van der Waals surface area (Å²) < 4.78 is 0.839. The van der Waals surface area contributed by atoms with Crippen molar-refractivity contribution in [2.24, 2.45) is 0 Å². The van der Waals surface area contributed by atoms with Crippen LogP contribution >= 0.6 is 27.5 Å². The van der Waals surface area contributed by atoms with Gasteiger partial charge in [-0.25, -0.2) is 0 Å². The van der Waals surface area contributed by atoms with Crippen molar-refractivity contribution in [2.45, 2.75) is 19.1 Å². The minimum absolute atomic E-state index is 0.00783. The third-order valence-corrected chi connectivity index (χ3v) is 3.78. The van der Waals surface area contributed by atoms with Gasteiger partial charge in [0, 0.05) is 17.6 Å². The summed E-state index contributed by atoms with van der Waals surface area (Å²) >= 11 is 9.28. The number of hydrogen-bond donors (Lipinski definition) is 1. The fourth-order valence-corrected chi connectivity index (χ4v) is 2.21. The maximum atomic E-state index is 11.5. The number of hydrogen-bond acceptors (Lipinski definition) is 2. The first-order chi connectivity index (χ1) is 7.56. The molecule has 0 aromatic heterocycles. The number of benzene rings is 1. The molecule has 0 spiro atoms. The van der Waals surface area contributed by atoms with Crippen LogP contribution in [0.4, 0.5) is 0 Å². The molecule has 1 aromatic carbocycles. The third kappa shape index (κ3) is 2.56. The molecule has 1 N–H and O–H groups in total. The fourth-order valence-electron chi connectivity index (χ4n) is 1.76. The molecule has 0 radical (unpaired) electrons. The van der Waals surface area contributed by atoms with Crippen molar-refractivity contribution in [1.29, 1.82) is 0 Å². The van der Waals surface area contributed by atoms with Crippen LogP contribution in [0.25, 0.3) is 0 Å². The van der Waals surface area contributed by atoms with Crippen LogP contribution in [0.5, 0.6) is 0 Å². The molecule has 1 fully saturated rings. The number of likely N-dealkylation sites (tertiary alicyclic amines) is 1. The summed E-state index contributed by atoms with van der Waals surface area (Å²) in [7, 11) is 0. The zero-order valence-electron chi connectivity index (χ0n) is 8.49. The van der Waals surface area contributed by atoms with Crippen LogP contribution < -0.4 is 0 Å². The van der Waals surface area contributed by atoms with Crippen molar-refractivity contribution in [3.05, 3.63) is 33.3 Å². The molecular formula is C11H11BrClNO2. The molecular weight excluding hydrogens is 293 g/mol. The highest BCUT2D eigenvalue weighted by atomic mass is 79.9. The fraction of sp³-hybridized carbons (Fsp3) is 0.364. The molecule has 2 rings (SSSR count). The molecule has 0 aliphatic carbocycles. The van der Waals surface area contributed by atoms with Crippen LogP contribution in [0.1, 0.15) is 12.0 Å². The van der Waals surface area contributed by atoms with E-state index in [4.69, 9.17) is 11.6 Å². The van der Waals surface area contributed by atoms with Gasteiger partial charge in [0.25, 0.3) is 0 Å². The SMILES string of the molecule is O=C1CC(O)CN1Cc1ccc(Br)c(Cl)c1. The van der Waals surface area contributed by atoms with E-state index in [1.165, 1.54) is 0 Å². The Morgan fingerprint density at radius 2 is 2.31 bits per heavy atom. The first kappa shape index (κ1) is 11.9. The third-order valence-electron chi connectivity index (χ3n) is 2.55. The van der Waals surface area contributed by atoms with Crippen LogP contribution in [0, 0.1) is 0 Å². The molecule has 1 heterocycles. The van der Waals surface area contributed by atoms with E-state index in [1.54, 1.807) is 4.90 Å². The number of carbonyl (C=O) groups is 1. The molecule has 1 aliphatic rings. The van der Waals surface area contributed by atoms with Gasteiger partial charge in [-0.2, -0.15) is 0 Å². The Hall–Kier alpha value is -0.580. The van der Waals surface area contributed by atoms with E-state index in [0.29, 0.717) is 18.1 Å².